The van der Waals surface area contributed by atoms with Gasteiger partial charge in [0.05, 0.1) is 0 Å². The molecule has 1 aliphatic heterocycles. The second-order valence-corrected chi connectivity index (χ2v) is 4.26. The molecule has 82 valence electrons. The SMILES string of the molecule is NCC1(N)CCN(c2ccncc2)CC1. The maximum atomic E-state index is 6.13. The smallest absolute Gasteiger partial charge is 0.0397 e. The summed E-state index contributed by atoms with van der Waals surface area (Å²) in [4.78, 5) is 6.35. The number of nitrogens with zero attached hydrogens (tertiary/aromatic N) is 2. The molecule has 4 heteroatoms. The number of nitrogens with two attached hydrogens (primary N) is 2. The third-order valence-electron chi connectivity index (χ3n) is 3.19. The summed E-state index contributed by atoms with van der Waals surface area (Å²) in [5.41, 5.74) is 12.9. The average Bonchev–Trinajstić information content (AvgIpc) is 2.31. The Labute approximate surface area is 90.3 Å². The van der Waals surface area contributed by atoms with Crippen LogP contribution in [0.4, 0.5) is 5.69 Å². The van der Waals surface area contributed by atoms with Gasteiger partial charge in [-0.15, -0.1) is 0 Å². The van der Waals surface area contributed by atoms with Crippen molar-refractivity contribution in [3.05, 3.63) is 24.5 Å². The van der Waals surface area contributed by atoms with Gasteiger partial charge in [0.15, 0.2) is 0 Å². The van der Waals surface area contributed by atoms with Crippen molar-refractivity contribution < 1.29 is 0 Å². The zero-order valence-corrected chi connectivity index (χ0v) is 8.89. The van der Waals surface area contributed by atoms with Crippen molar-refractivity contribution in [1.29, 1.82) is 0 Å². The van der Waals surface area contributed by atoms with Gasteiger partial charge in [-0.1, -0.05) is 0 Å². The molecule has 0 unspecified atom stereocenters. The number of anilines is 1. The predicted octanol–water partition coefficient (Wildman–Crippen LogP) is 0.338. The van der Waals surface area contributed by atoms with Crippen LogP contribution >= 0.6 is 0 Å². The average molecular weight is 206 g/mol. The van der Waals surface area contributed by atoms with Crippen LogP contribution in [-0.4, -0.2) is 30.2 Å². The second kappa shape index (κ2) is 4.16. The minimum atomic E-state index is -0.149. The number of hydrogen-bond acceptors (Lipinski definition) is 4. The lowest BCUT2D eigenvalue weighted by Gasteiger charge is -2.39. The normalized spacial score (nSPS) is 20.3. The molecule has 0 spiro atoms. The molecule has 2 heterocycles. The van der Waals surface area contributed by atoms with E-state index in [1.807, 2.05) is 24.5 Å². The van der Waals surface area contributed by atoms with Gasteiger partial charge in [0.25, 0.3) is 0 Å². The minimum Gasteiger partial charge on any atom is -0.371 e. The molecule has 0 radical (unpaired) electrons. The fraction of sp³-hybridized carbons (Fsp3) is 0.545. The zero-order chi connectivity index (χ0) is 10.7. The van der Waals surface area contributed by atoms with E-state index in [0.29, 0.717) is 6.54 Å². The Balaban J connectivity index is 2.00. The van der Waals surface area contributed by atoms with E-state index in [-0.39, 0.29) is 5.54 Å². The molecule has 1 aliphatic rings. The molecular formula is C11H18N4. The summed E-state index contributed by atoms with van der Waals surface area (Å²) in [6, 6.07) is 4.07. The van der Waals surface area contributed by atoms with Crippen LogP contribution in [0.5, 0.6) is 0 Å². The highest BCUT2D eigenvalue weighted by molar-refractivity contribution is 5.45. The van der Waals surface area contributed by atoms with Crippen LogP contribution in [0.15, 0.2) is 24.5 Å². The van der Waals surface area contributed by atoms with Crippen LogP contribution in [0.2, 0.25) is 0 Å². The molecule has 0 saturated carbocycles. The number of rotatable bonds is 2. The summed E-state index contributed by atoms with van der Waals surface area (Å²) in [6.45, 7) is 2.55. The minimum absolute atomic E-state index is 0.149. The van der Waals surface area contributed by atoms with E-state index in [4.69, 9.17) is 11.5 Å². The molecule has 1 saturated heterocycles. The Hall–Kier alpha value is -1.13. The van der Waals surface area contributed by atoms with E-state index < -0.39 is 0 Å². The van der Waals surface area contributed by atoms with Crippen molar-refractivity contribution >= 4 is 5.69 Å². The van der Waals surface area contributed by atoms with Crippen LogP contribution in [0, 0.1) is 0 Å². The monoisotopic (exact) mass is 206 g/mol. The Morgan fingerprint density at radius 3 is 2.40 bits per heavy atom. The van der Waals surface area contributed by atoms with Gasteiger partial charge in [0, 0.05) is 43.3 Å². The van der Waals surface area contributed by atoms with E-state index in [1.165, 1.54) is 5.69 Å². The quantitative estimate of drug-likeness (QED) is 0.732. The Bertz CT molecular complexity index is 304. The van der Waals surface area contributed by atoms with Crippen molar-refractivity contribution in [2.24, 2.45) is 11.5 Å². The van der Waals surface area contributed by atoms with E-state index in [2.05, 4.69) is 9.88 Å². The highest BCUT2D eigenvalue weighted by Gasteiger charge is 2.29. The lowest BCUT2D eigenvalue weighted by molar-refractivity contribution is 0.342. The molecule has 0 bridgehead atoms. The maximum absolute atomic E-state index is 6.13. The zero-order valence-electron chi connectivity index (χ0n) is 8.89. The van der Waals surface area contributed by atoms with Crippen LogP contribution in [0.1, 0.15) is 12.8 Å². The standard InChI is InChI=1S/C11H18N4/c12-9-11(13)3-7-15(8-4-11)10-1-5-14-6-2-10/h1-2,5-6H,3-4,7-9,12-13H2. The van der Waals surface area contributed by atoms with E-state index in [9.17, 15) is 0 Å². The summed E-state index contributed by atoms with van der Waals surface area (Å²) in [6.07, 6.45) is 5.57. The largest absolute Gasteiger partial charge is 0.371 e. The molecule has 0 amide bonds. The number of hydrogen-bond donors (Lipinski definition) is 2. The molecule has 0 aliphatic carbocycles. The summed E-state index contributed by atoms with van der Waals surface area (Å²) >= 11 is 0. The molecule has 4 nitrogen and oxygen atoms in total. The predicted molar refractivity (Wildman–Crippen MR) is 61.7 cm³/mol. The van der Waals surface area contributed by atoms with Crippen LogP contribution in [-0.2, 0) is 0 Å². The van der Waals surface area contributed by atoms with Crippen LogP contribution < -0.4 is 16.4 Å². The van der Waals surface area contributed by atoms with Crippen molar-refractivity contribution in [3.8, 4) is 0 Å². The highest BCUT2D eigenvalue weighted by Crippen LogP contribution is 2.23. The summed E-state index contributed by atoms with van der Waals surface area (Å²) in [5.74, 6) is 0. The lowest BCUT2D eigenvalue weighted by atomic mass is 9.89. The van der Waals surface area contributed by atoms with Gasteiger partial charge < -0.3 is 16.4 Å². The first-order valence-corrected chi connectivity index (χ1v) is 5.37. The Kier molecular flexibility index (Phi) is 2.88. The summed E-state index contributed by atoms with van der Waals surface area (Å²) in [5, 5.41) is 0. The second-order valence-electron chi connectivity index (χ2n) is 4.26. The molecule has 1 fully saturated rings. The molecule has 4 N–H and O–H groups in total. The van der Waals surface area contributed by atoms with Gasteiger partial charge in [0.1, 0.15) is 0 Å². The van der Waals surface area contributed by atoms with Gasteiger partial charge in [-0.25, -0.2) is 0 Å². The van der Waals surface area contributed by atoms with Crippen molar-refractivity contribution in [2.45, 2.75) is 18.4 Å². The fourth-order valence-electron chi connectivity index (χ4n) is 1.97. The number of aromatic nitrogens is 1. The van der Waals surface area contributed by atoms with E-state index in [0.717, 1.165) is 25.9 Å². The summed E-state index contributed by atoms with van der Waals surface area (Å²) < 4.78 is 0. The molecular weight excluding hydrogens is 188 g/mol. The first-order valence-electron chi connectivity index (χ1n) is 5.37. The fourth-order valence-corrected chi connectivity index (χ4v) is 1.97. The molecule has 0 aromatic carbocycles. The topological polar surface area (TPSA) is 68.2 Å². The van der Waals surface area contributed by atoms with Gasteiger partial charge in [-0.3, -0.25) is 4.98 Å². The molecule has 2 rings (SSSR count). The Morgan fingerprint density at radius 1 is 1.27 bits per heavy atom. The van der Waals surface area contributed by atoms with Gasteiger partial charge in [-0.05, 0) is 25.0 Å². The molecule has 15 heavy (non-hydrogen) atoms. The van der Waals surface area contributed by atoms with Gasteiger partial charge in [-0.2, -0.15) is 0 Å². The van der Waals surface area contributed by atoms with Gasteiger partial charge >= 0.3 is 0 Å². The summed E-state index contributed by atoms with van der Waals surface area (Å²) in [7, 11) is 0. The molecule has 0 atom stereocenters. The number of piperidine rings is 1. The van der Waals surface area contributed by atoms with Crippen molar-refractivity contribution in [1.82, 2.24) is 4.98 Å². The van der Waals surface area contributed by atoms with Crippen LogP contribution in [0.3, 0.4) is 0 Å². The van der Waals surface area contributed by atoms with Crippen molar-refractivity contribution in [3.63, 3.8) is 0 Å². The first kappa shape index (κ1) is 10.4. The Morgan fingerprint density at radius 2 is 1.87 bits per heavy atom. The van der Waals surface area contributed by atoms with Crippen LogP contribution in [0.25, 0.3) is 0 Å². The molecule has 1 aromatic rings. The van der Waals surface area contributed by atoms with E-state index in [1.54, 1.807) is 0 Å². The first-order chi connectivity index (χ1) is 7.23. The van der Waals surface area contributed by atoms with Gasteiger partial charge in [0.2, 0.25) is 0 Å². The third kappa shape index (κ3) is 2.27. The van der Waals surface area contributed by atoms with E-state index >= 15 is 0 Å². The van der Waals surface area contributed by atoms with Crippen molar-refractivity contribution in [2.75, 3.05) is 24.5 Å². The third-order valence-corrected chi connectivity index (χ3v) is 3.19. The highest BCUT2D eigenvalue weighted by atomic mass is 15.1. The number of pyridine rings is 1. The maximum Gasteiger partial charge on any atom is 0.0397 e. The molecule has 1 aromatic heterocycles. The lowest BCUT2D eigenvalue weighted by Crippen LogP contribution is -2.54.